The zero-order valence-corrected chi connectivity index (χ0v) is 14.0. The van der Waals surface area contributed by atoms with Crippen molar-refractivity contribution in [1.82, 2.24) is 9.88 Å². The molecule has 3 heterocycles. The van der Waals surface area contributed by atoms with Crippen LogP contribution in [0.2, 0.25) is 4.34 Å². The molecule has 3 aromatic heterocycles. The molecular weight excluding hydrogens is 336 g/mol. The third-order valence-corrected chi connectivity index (χ3v) is 5.05. The second kappa shape index (κ2) is 7.05. The van der Waals surface area contributed by atoms with Gasteiger partial charge in [-0.25, -0.2) is 0 Å². The molecule has 0 unspecified atom stereocenters. The quantitative estimate of drug-likeness (QED) is 0.669. The maximum absolute atomic E-state index is 12.7. The van der Waals surface area contributed by atoms with Gasteiger partial charge in [-0.1, -0.05) is 17.7 Å². The Labute approximate surface area is 141 Å². The van der Waals surface area contributed by atoms with E-state index >= 15 is 0 Å². The smallest absolute Gasteiger partial charge is 0.264 e. The number of hydrogen-bond acceptors (Lipinski definition) is 4. The van der Waals surface area contributed by atoms with E-state index in [9.17, 15) is 4.79 Å². The van der Waals surface area contributed by atoms with Crippen molar-refractivity contribution in [3.63, 3.8) is 0 Å². The van der Waals surface area contributed by atoms with E-state index in [0.717, 1.165) is 11.3 Å². The van der Waals surface area contributed by atoms with Gasteiger partial charge in [0.25, 0.3) is 5.91 Å². The Morgan fingerprint density at radius 2 is 2.09 bits per heavy atom. The van der Waals surface area contributed by atoms with Crippen LogP contribution in [0.3, 0.4) is 0 Å². The molecule has 0 saturated heterocycles. The fraction of sp³-hybridized carbons (Fsp3) is 0.125. The molecule has 0 atom stereocenters. The number of nitrogens with zero attached hydrogens (tertiary/aromatic N) is 2. The summed E-state index contributed by atoms with van der Waals surface area (Å²) in [5.41, 5.74) is 1.99. The van der Waals surface area contributed by atoms with Crippen molar-refractivity contribution in [2.75, 3.05) is 0 Å². The van der Waals surface area contributed by atoms with E-state index in [-0.39, 0.29) is 5.91 Å². The van der Waals surface area contributed by atoms with Gasteiger partial charge >= 0.3 is 0 Å². The molecule has 0 aliphatic rings. The van der Waals surface area contributed by atoms with E-state index in [2.05, 4.69) is 10.4 Å². The lowest BCUT2D eigenvalue weighted by Gasteiger charge is -2.21. The molecule has 22 heavy (non-hydrogen) atoms. The minimum atomic E-state index is -0.0197. The van der Waals surface area contributed by atoms with Crippen molar-refractivity contribution >= 4 is 40.2 Å². The van der Waals surface area contributed by atoms with Crippen molar-refractivity contribution in [2.24, 2.45) is 0 Å². The monoisotopic (exact) mass is 348 g/mol. The van der Waals surface area contributed by atoms with Crippen LogP contribution in [0.5, 0.6) is 0 Å². The molecule has 0 radical (unpaired) electrons. The lowest BCUT2D eigenvalue weighted by atomic mass is 10.2. The summed E-state index contributed by atoms with van der Waals surface area (Å²) in [5, 5.41) is 4.07. The summed E-state index contributed by atoms with van der Waals surface area (Å²) in [6.07, 6.45) is 1.74. The molecule has 1 amide bonds. The summed E-state index contributed by atoms with van der Waals surface area (Å²) in [5.74, 6) is -0.0197. The van der Waals surface area contributed by atoms with Crippen LogP contribution in [0.4, 0.5) is 0 Å². The first-order valence-corrected chi connectivity index (χ1v) is 8.82. The molecule has 0 fully saturated rings. The first-order valence-electron chi connectivity index (χ1n) is 6.68. The van der Waals surface area contributed by atoms with E-state index < -0.39 is 0 Å². The molecule has 0 aliphatic heterocycles. The van der Waals surface area contributed by atoms with Crippen LogP contribution in [-0.4, -0.2) is 15.8 Å². The Morgan fingerprint density at radius 3 is 2.73 bits per heavy atom. The van der Waals surface area contributed by atoms with E-state index in [1.165, 1.54) is 11.3 Å². The Hall–Kier alpha value is -1.69. The van der Waals surface area contributed by atoms with Crippen molar-refractivity contribution in [1.29, 1.82) is 0 Å². The van der Waals surface area contributed by atoms with Crippen LogP contribution < -0.4 is 0 Å². The van der Waals surface area contributed by atoms with Gasteiger partial charge in [-0.2, -0.15) is 11.3 Å². The van der Waals surface area contributed by atoms with Gasteiger partial charge in [0.15, 0.2) is 0 Å². The highest BCUT2D eigenvalue weighted by molar-refractivity contribution is 7.18. The van der Waals surface area contributed by atoms with Gasteiger partial charge in [0.05, 0.1) is 21.5 Å². The number of carbonyl (C=O) groups is 1. The first-order chi connectivity index (χ1) is 10.7. The van der Waals surface area contributed by atoms with E-state index in [0.29, 0.717) is 22.3 Å². The van der Waals surface area contributed by atoms with E-state index in [1.807, 2.05) is 29.6 Å². The van der Waals surface area contributed by atoms with Crippen molar-refractivity contribution in [2.45, 2.75) is 13.1 Å². The summed E-state index contributed by atoms with van der Waals surface area (Å²) >= 11 is 8.88. The number of amides is 1. The number of rotatable bonds is 5. The minimum absolute atomic E-state index is 0.0197. The van der Waals surface area contributed by atoms with Crippen LogP contribution in [-0.2, 0) is 13.1 Å². The molecule has 0 spiro atoms. The van der Waals surface area contributed by atoms with Crippen molar-refractivity contribution in [3.8, 4) is 0 Å². The molecule has 3 aromatic rings. The second-order valence-electron chi connectivity index (χ2n) is 4.72. The summed E-state index contributed by atoms with van der Waals surface area (Å²) in [7, 11) is 0. The molecule has 0 aliphatic carbocycles. The molecule has 0 bridgehead atoms. The Morgan fingerprint density at radius 1 is 1.18 bits per heavy atom. The highest BCUT2D eigenvalue weighted by atomic mass is 35.5. The average Bonchev–Trinajstić information content (AvgIpc) is 3.18. The van der Waals surface area contributed by atoms with E-state index in [4.69, 9.17) is 11.6 Å². The molecule has 6 heteroatoms. The van der Waals surface area contributed by atoms with Crippen LogP contribution in [0.1, 0.15) is 20.9 Å². The molecule has 0 aromatic carbocycles. The number of pyridine rings is 1. The van der Waals surface area contributed by atoms with Gasteiger partial charge < -0.3 is 4.90 Å². The zero-order valence-electron chi connectivity index (χ0n) is 11.6. The van der Waals surface area contributed by atoms with Gasteiger partial charge in [0.1, 0.15) is 0 Å². The standard InChI is InChI=1S/C16H13ClN2OS2/c17-15-5-4-14(22-15)16(20)19(9-12-6-8-21-11-12)10-13-3-1-2-7-18-13/h1-8,11H,9-10H2. The summed E-state index contributed by atoms with van der Waals surface area (Å²) in [6, 6.07) is 11.3. The number of aromatic nitrogens is 1. The molecule has 0 N–H and O–H groups in total. The van der Waals surface area contributed by atoms with Gasteiger partial charge in [-0.3, -0.25) is 9.78 Å². The number of carbonyl (C=O) groups excluding carboxylic acids is 1. The number of halogens is 1. The summed E-state index contributed by atoms with van der Waals surface area (Å²) < 4.78 is 0.622. The molecule has 3 nitrogen and oxygen atoms in total. The fourth-order valence-electron chi connectivity index (χ4n) is 2.07. The Balaban J connectivity index is 1.83. The summed E-state index contributed by atoms with van der Waals surface area (Å²) in [6.45, 7) is 1.04. The zero-order chi connectivity index (χ0) is 15.4. The summed E-state index contributed by atoms with van der Waals surface area (Å²) in [4.78, 5) is 19.5. The molecule has 112 valence electrons. The molecule has 0 saturated carbocycles. The lowest BCUT2D eigenvalue weighted by Crippen LogP contribution is -2.29. The van der Waals surface area contributed by atoms with Crippen molar-refractivity contribution in [3.05, 3.63) is 73.8 Å². The predicted octanol–water partition coefficient (Wildman–Crippen LogP) is 4.70. The third kappa shape index (κ3) is 3.74. The average molecular weight is 349 g/mol. The highest BCUT2D eigenvalue weighted by Crippen LogP contribution is 2.24. The Kier molecular flexibility index (Phi) is 4.87. The molecule has 3 rings (SSSR count). The second-order valence-corrected chi connectivity index (χ2v) is 7.21. The third-order valence-electron chi connectivity index (χ3n) is 3.10. The predicted molar refractivity (Wildman–Crippen MR) is 91.5 cm³/mol. The van der Waals surface area contributed by atoms with Crippen LogP contribution in [0.15, 0.2) is 53.4 Å². The van der Waals surface area contributed by atoms with Crippen LogP contribution in [0.25, 0.3) is 0 Å². The van der Waals surface area contributed by atoms with Gasteiger partial charge in [-0.05, 0) is 46.7 Å². The maximum Gasteiger partial charge on any atom is 0.264 e. The lowest BCUT2D eigenvalue weighted by molar-refractivity contribution is 0.0733. The van der Waals surface area contributed by atoms with Crippen molar-refractivity contribution < 1.29 is 4.79 Å². The van der Waals surface area contributed by atoms with Gasteiger partial charge in [0, 0.05) is 12.7 Å². The topological polar surface area (TPSA) is 33.2 Å². The maximum atomic E-state index is 12.7. The first kappa shape index (κ1) is 15.2. The largest absolute Gasteiger partial charge is 0.328 e. The Bertz CT molecular complexity index is 741. The highest BCUT2D eigenvalue weighted by Gasteiger charge is 2.19. The van der Waals surface area contributed by atoms with Crippen LogP contribution >= 0.6 is 34.3 Å². The van der Waals surface area contributed by atoms with Gasteiger partial charge in [-0.15, -0.1) is 11.3 Å². The minimum Gasteiger partial charge on any atom is -0.328 e. The SMILES string of the molecule is O=C(c1ccc(Cl)s1)N(Cc1ccsc1)Cc1ccccn1. The van der Waals surface area contributed by atoms with Crippen LogP contribution in [0, 0.1) is 0 Å². The van der Waals surface area contributed by atoms with E-state index in [1.54, 1.807) is 34.6 Å². The molecular formula is C16H13ClN2OS2. The number of thiophene rings is 2. The number of hydrogen-bond donors (Lipinski definition) is 0. The fourth-order valence-corrected chi connectivity index (χ4v) is 3.75. The van der Waals surface area contributed by atoms with Gasteiger partial charge in [0.2, 0.25) is 0 Å². The normalized spacial score (nSPS) is 10.6.